The Morgan fingerprint density at radius 1 is 1.20 bits per heavy atom. The number of carbonyl (C=O) groups excluding carboxylic acids is 1. The van der Waals surface area contributed by atoms with Crippen molar-refractivity contribution in [2.24, 2.45) is 0 Å². The van der Waals surface area contributed by atoms with Crippen molar-refractivity contribution < 1.29 is 18.7 Å². The highest BCUT2D eigenvalue weighted by atomic mass is 19.1. The van der Waals surface area contributed by atoms with E-state index in [0.29, 0.717) is 17.0 Å². The standard InChI is InChI=1S/C15H14FNO3/c1-9-8-11(16)5-7-13(9)20-14-12(15(18)19-3)6-4-10(2)17-14/h4-8H,1-3H3. The van der Waals surface area contributed by atoms with Crippen molar-refractivity contribution in [3.05, 3.63) is 53.0 Å². The molecule has 0 bridgehead atoms. The molecule has 0 atom stereocenters. The Morgan fingerprint density at radius 3 is 2.60 bits per heavy atom. The summed E-state index contributed by atoms with van der Waals surface area (Å²) in [6.45, 7) is 3.50. The first kappa shape index (κ1) is 14.0. The van der Waals surface area contributed by atoms with Crippen LogP contribution in [-0.2, 0) is 4.74 Å². The fraction of sp³-hybridized carbons (Fsp3) is 0.200. The number of rotatable bonds is 3. The van der Waals surface area contributed by atoms with Gasteiger partial charge in [0.15, 0.2) is 0 Å². The number of aryl methyl sites for hydroxylation is 2. The number of esters is 1. The van der Waals surface area contributed by atoms with Crippen molar-refractivity contribution in [2.45, 2.75) is 13.8 Å². The lowest BCUT2D eigenvalue weighted by Crippen LogP contribution is -2.06. The number of aromatic nitrogens is 1. The van der Waals surface area contributed by atoms with Crippen LogP contribution in [0.25, 0.3) is 0 Å². The Kier molecular flexibility index (Phi) is 3.98. The molecule has 1 heterocycles. The smallest absolute Gasteiger partial charge is 0.343 e. The van der Waals surface area contributed by atoms with Gasteiger partial charge >= 0.3 is 5.97 Å². The highest BCUT2D eigenvalue weighted by Crippen LogP contribution is 2.27. The van der Waals surface area contributed by atoms with E-state index in [2.05, 4.69) is 9.72 Å². The highest BCUT2D eigenvalue weighted by Gasteiger charge is 2.16. The second-order valence-electron chi connectivity index (χ2n) is 4.31. The largest absolute Gasteiger partial charge is 0.465 e. The van der Waals surface area contributed by atoms with Crippen LogP contribution in [0.1, 0.15) is 21.6 Å². The lowest BCUT2D eigenvalue weighted by atomic mass is 10.2. The van der Waals surface area contributed by atoms with Crippen molar-refractivity contribution in [1.82, 2.24) is 4.98 Å². The van der Waals surface area contributed by atoms with E-state index >= 15 is 0 Å². The molecule has 104 valence electrons. The Morgan fingerprint density at radius 2 is 1.95 bits per heavy atom. The third-order valence-corrected chi connectivity index (χ3v) is 2.75. The number of hydrogen-bond donors (Lipinski definition) is 0. The van der Waals surface area contributed by atoms with Gasteiger partial charge < -0.3 is 9.47 Å². The third-order valence-electron chi connectivity index (χ3n) is 2.75. The number of benzene rings is 1. The Labute approximate surface area is 116 Å². The molecule has 0 unspecified atom stereocenters. The third kappa shape index (κ3) is 2.93. The fourth-order valence-electron chi connectivity index (χ4n) is 1.71. The van der Waals surface area contributed by atoms with E-state index in [1.165, 1.54) is 25.3 Å². The molecule has 0 aliphatic carbocycles. The van der Waals surface area contributed by atoms with Gasteiger partial charge in [0.25, 0.3) is 0 Å². The predicted molar refractivity (Wildman–Crippen MR) is 71.5 cm³/mol. The molecule has 0 spiro atoms. The maximum atomic E-state index is 13.1. The van der Waals surface area contributed by atoms with Crippen LogP contribution in [0.4, 0.5) is 4.39 Å². The van der Waals surface area contributed by atoms with E-state index < -0.39 is 5.97 Å². The molecule has 0 amide bonds. The van der Waals surface area contributed by atoms with Gasteiger partial charge in [-0.1, -0.05) is 0 Å². The number of nitrogens with zero attached hydrogens (tertiary/aromatic N) is 1. The van der Waals surface area contributed by atoms with E-state index in [4.69, 9.17) is 4.74 Å². The molecule has 0 N–H and O–H groups in total. The van der Waals surface area contributed by atoms with Crippen LogP contribution in [0.15, 0.2) is 30.3 Å². The van der Waals surface area contributed by atoms with Gasteiger partial charge in [-0.25, -0.2) is 14.2 Å². The Balaban J connectivity index is 2.41. The molecule has 4 nitrogen and oxygen atoms in total. The maximum Gasteiger partial charge on any atom is 0.343 e. The predicted octanol–water partition coefficient (Wildman–Crippen LogP) is 3.42. The first-order valence-corrected chi connectivity index (χ1v) is 6.01. The summed E-state index contributed by atoms with van der Waals surface area (Å²) in [7, 11) is 1.29. The Bertz CT molecular complexity index is 656. The molecular formula is C15H14FNO3. The summed E-state index contributed by atoms with van der Waals surface area (Å²) in [5.74, 6) is -0.297. The molecule has 0 saturated carbocycles. The molecule has 0 fully saturated rings. The van der Waals surface area contributed by atoms with Crippen LogP contribution in [0, 0.1) is 19.7 Å². The number of pyridine rings is 1. The highest BCUT2D eigenvalue weighted by molar-refractivity contribution is 5.91. The van der Waals surface area contributed by atoms with Crippen LogP contribution in [0.5, 0.6) is 11.6 Å². The molecule has 0 aliphatic rings. The zero-order valence-electron chi connectivity index (χ0n) is 11.4. The van der Waals surface area contributed by atoms with Gasteiger partial charge in [-0.3, -0.25) is 0 Å². The monoisotopic (exact) mass is 275 g/mol. The van der Waals surface area contributed by atoms with Gasteiger partial charge in [0.05, 0.1) is 7.11 Å². The molecule has 2 aromatic rings. The maximum absolute atomic E-state index is 13.1. The van der Waals surface area contributed by atoms with Crippen LogP contribution < -0.4 is 4.74 Å². The number of carbonyl (C=O) groups is 1. The molecule has 5 heteroatoms. The number of methoxy groups -OCH3 is 1. The van der Waals surface area contributed by atoms with E-state index in [9.17, 15) is 9.18 Å². The van der Waals surface area contributed by atoms with E-state index in [1.54, 1.807) is 26.0 Å². The average Bonchev–Trinajstić information content (AvgIpc) is 2.41. The molecule has 0 saturated heterocycles. The normalized spacial score (nSPS) is 10.2. The summed E-state index contributed by atoms with van der Waals surface area (Å²) in [5, 5.41) is 0. The van der Waals surface area contributed by atoms with Crippen LogP contribution in [-0.4, -0.2) is 18.1 Å². The van der Waals surface area contributed by atoms with Crippen LogP contribution >= 0.6 is 0 Å². The quantitative estimate of drug-likeness (QED) is 0.805. The second-order valence-corrected chi connectivity index (χ2v) is 4.31. The van der Waals surface area contributed by atoms with Crippen molar-refractivity contribution in [3.63, 3.8) is 0 Å². The van der Waals surface area contributed by atoms with Gasteiger partial charge in [0.1, 0.15) is 17.1 Å². The second kappa shape index (κ2) is 5.69. The summed E-state index contributed by atoms with van der Waals surface area (Å²) in [4.78, 5) is 15.9. The van der Waals surface area contributed by atoms with Gasteiger partial charge in [-0.15, -0.1) is 0 Å². The first-order chi connectivity index (χ1) is 9.51. The summed E-state index contributed by atoms with van der Waals surface area (Å²) in [5.41, 5.74) is 1.54. The van der Waals surface area contributed by atoms with Gasteiger partial charge in [-0.2, -0.15) is 0 Å². The molecule has 1 aromatic heterocycles. The molecular weight excluding hydrogens is 261 g/mol. The van der Waals surface area contributed by atoms with Crippen molar-refractivity contribution >= 4 is 5.97 Å². The van der Waals surface area contributed by atoms with Gasteiger partial charge in [0, 0.05) is 5.69 Å². The number of halogens is 1. The minimum absolute atomic E-state index is 0.145. The van der Waals surface area contributed by atoms with Crippen molar-refractivity contribution in [1.29, 1.82) is 0 Å². The van der Waals surface area contributed by atoms with Crippen molar-refractivity contribution in [3.8, 4) is 11.6 Å². The lowest BCUT2D eigenvalue weighted by Gasteiger charge is -2.11. The lowest BCUT2D eigenvalue weighted by molar-refractivity contribution is 0.0597. The molecule has 0 aliphatic heterocycles. The minimum Gasteiger partial charge on any atom is -0.465 e. The molecule has 20 heavy (non-hydrogen) atoms. The minimum atomic E-state index is -0.535. The van der Waals surface area contributed by atoms with Gasteiger partial charge in [0.2, 0.25) is 5.88 Å². The van der Waals surface area contributed by atoms with E-state index in [0.717, 1.165) is 0 Å². The molecule has 2 rings (SSSR count). The van der Waals surface area contributed by atoms with Gasteiger partial charge in [-0.05, 0) is 49.7 Å². The molecule has 1 aromatic carbocycles. The number of ether oxygens (including phenoxy) is 2. The topological polar surface area (TPSA) is 48.4 Å². The summed E-state index contributed by atoms with van der Waals surface area (Å²) >= 11 is 0. The van der Waals surface area contributed by atoms with Crippen LogP contribution in [0.3, 0.4) is 0 Å². The summed E-state index contributed by atoms with van der Waals surface area (Å²) in [6.07, 6.45) is 0. The van der Waals surface area contributed by atoms with Crippen molar-refractivity contribution in [2.75, 3.05) is 7.11 Å². The SMILES string of the molecule is COC(=O)c1ccc(C)nc1Oc1ccc(F)cc1C. The fourth-order valence-corrected chi connectivity index (χ4v) is 1.71. The first-order valence-electron chi connectivity index (χ1n) is 6.01. The average molecular weight is 275 g/mol. The molecule has 0 radical (unpaired) electrons. The van der Waals surface area contributed by atoms with Crippen LogP contribution in [0.2, 0.25) is 0 Å². The number of hydrogen-bond acceptors (Lipinski definition) is 4. The summed E-state index contributed by atoms with van der Waals surface area (Å²) < 4.78 is 23.4. The summed E-state index contributed by atoms with van der Waals surface area (Å²) in [6, 6.07) is 7.41. The Hall–Kier alpha value is -2.43. The zero-order chi connectivity index (χ0) is 14.7. The van der Waals surface area contributed by atoms with E-state index in [1.807, 2.05) is 0 Å². The van der Waals surface area contributed by atoms with E-state index in [-0.39, 0.29) is 17.3 Å². The zero-order valence-corrected chi connectivity index (χ0v) is 11.4.